The zero-order valence-corrected chi connectivity index (χ0v) is 12.9. The molecule has 0 aromatic heterocycles. The van der Waals surface area contributed by atoms with E-state index in [9.17, 15) is 13.2 Å². The van der Waals surface area contributed by atoms with Crippen LogP contribution in [0.3, 0.4) is 0 Å². The Kier molecular flexibility index (Phi) is 8.86. The van der Waals surface area contributed by atoms with Crippen molar-refractivity contribution in [3.05, 3.63) is 34.4 Å². The normalized spacial score (nSPS) is 17.0. The summed E-state index contributed by atoms with van der Waals surface area (Å²) < 4.78 is 40.3. The molecule has 0 unspecified atom stereocenters. The van der Waals surface area contributed by atoms with Crippen LogP contribution >= 0.6 is 36.4 Å². The number of nitrogens with zero attached hydrogens (tertiary/aromatic N) is 1. The van der Waals surface area contributed by atoms with Crippen LogP contribution in [0.4, 0.5) is 13.2 Å². The van der Waals surface area contributed by atoms with Gasteiger partial charge in [-0.3, -0.25) is 4.90 Å². The lowest BCUT2D eigenvalue weighted by Crippen LogP contribution is -2.46. The summed E-state index contributed by atoms with van der Waals surface area (Å²) in [6.07, 6.45) is 0. The predicted molar refractivity (Wildman–Crippen MR) is 79.0 cm³/mol. The summed E-state index contributed by atoms with van der Waals surface area (Å²) in [5.74, 6) is -1.38. The lowest BCUT2D eigenvalue weighted by molar-refractivity contribution is 0.144. The Morgan fingerprint density at radius 1 is 1.15 bits per heavy atom. The SMILES string of the molecule is Cl.Cl.FC[C@@H](c1c(F)ccc(F)c1Cl)N1CCNCC1. The van der Waals surface area contributed by atoms with Gasteiger partial charge in [-0.1, -0.05) is 11.6 Å². The molecular weight excluding hydrogens is 335 g/mol. The van der Waals surface area contributed by atoms with Crippen molar-refractivity contribution in [2.75, 3.05) is 32.9 Å². The van der Waals surface area contributed by atoms with Gasteiger partial charge < -0.3 is 5.32 Å². The minimum atomic E-state index is -0.824. The van der Waals surface area contributed by atoms with Crippen LogP contribution in [0.2, 0.25) is 5.02 Å². The minimum Gasteiger partial charge on any atom is -0.314 e. The maximum atomic E-state index is 13.8. The van der Waals surface area contributed by atoms with Crippen molar-refractivity contribution in [1.29, 1.82) is 0 Å². The third kappa shape index (κ3) is 4.15. The summed E-state index contributed by atoms with van der Waals surface area (Å²) in [6, 6.07) is 1.12. The second-order valence-electron chi connectivity index (χ2n) is 4.21. The average molecular weight is 352 g/mol. The van der Waals surface area contributed by atoms with E-state index in [-0.39, 0.29) is 35.4 Å². The highest BCUT2D eigenvalue weighted by atomic mass is 35.5. The molecule has 0 radical (unpaired) electrons. The molecule has 2 nitrogen and oxygen atoms in total. The van der Waals surface area contributed by atoms with Crippen LogP contribution in [-0.2, 0) is 0 Å². The van der Waals surface area contributed by atoms with E-state index >= 15 is 0 Å². The number of hydrogen-bond donors (Lipinski definition) is 1. The van der Waals surface area contributed by atoms with E-state index < -0.39 is 24.4 Å². The number of piperazine rings is 1. The molecule has 1 fully saturated rings. The van der Waals surface area contributed by atoms with Crippen molar-refractivity contribution in [3.8, 4) is 0 Å². The molecule has 1 saturated heterocycles. The third-order valence-electron chi connectivity index (χ3n) is 3.15. The molecule has 1 aromatic rings. The molecule has 0 spiro atoms. The number of halogens is 6. The van der Waals surface area contributed by atoms with Gasteiger partial charge in [0.25, 0.3) is 0 Å². The number of nitrogens with one attached hydrogen (secondary N) is 1. The van der Waals surface area contributed by atoms with E-state index in [2.05, 4.69) is 5.32 Å². The van der Waals surface area contributed by atoms with E-state index in [1.165, 1.54) is 0 Å². The van der Waals surface area contributed by atoms with Crippen LogP contribution in [-0.4, -0.2) is 37.8 Å². The number of rotatable bonds is 3. The fourth-order valence-corrected chi connectivity index (χ4v) is 2.48. The van der Waals surface area contributed by atoms with Gasteiger partial charge in [0, 0.05) is 31.7 Å². The van der Waals surface area contributed by atoms with Gasteiger partial charge in [-0.15, -0.1) is 24.8 Å². The van der Waals surface area contributed by atoms with Gasteiger partial charge in [-0.05, 0) is 12.1 Å². The predicted octanol–water partition coefficient (Wildman–Crippen LogP) is 3.38. The summed E-state index contributed by atoms with van der Waals surface area (Å²) in [7, 11) is 0. The Morgan fingerprint density at radius 3 is 2.25 bits per heavy atom. The van der Waals surface area contributed by atoms with Crippen LogP contribution in [0, 0.1) is 11.6 Å². The molecule has 0 aliphatic carbocycles. The second-order valence-corrected chi connectivity index (χ2v) is 4.59. The number of alkyl halides is 1. The first-order valence-electron chi connectivity index (χ1n) is 5.79. The van der Waals surface area contributed by atoms with Crippen LogP contribution < -0.4 is 5.32 Å². The van der Waals surface area contributed by atoms with Crippen molar-refractivity contribution in [1.82, 2.24) is 10.2 Å². The van der Waals surface area contributed by atoms with Gasteiger partial charge >= 0.3 is 0 Å². The van der Waals surface area contributed by atoms with Crippen LogP contribution in [0.1, 0.15) is 11.6 Å². The van der Waals surface area contributed by atoms with Gasteiger partial charge in [0.05, 0.1) is 11.1 Å². The van der Waals surface area contributed by atoms with Crippen molar-refractivity contribution in [2.24, 2.45) is 0 Å². The van der Waals surface area contributed by atoms with E-state index in [1.807, 2.05) is 0 Å². The first-order chi connectivity index (χ1) is 8.65. The molecule has 1 heterocycles. The molecule has 2 rings (SSSR count). The van der Waals surface area contributed by atoms with Gasteiger partial charge in [0.2, 0.25) is 0 Å². The summed E-state index contributed by atoms with van der Waals surface area (Å²) in [4.78, 5) is 1.78. The molecule has 8 heteroatoms. The Labute approximate surface area is 133 Å². The van der Waals surface area contributed by atoms with E-state index in [1.54, 1.807) is 4.90 Å². The van der Waals surface area contributed by atoms with E-state index in [0.29, 0.717) is 26.2 Å². The topological polar surface area (TPSA) is 15.3 Å². The van der Waals surface area contributed by atoms with Gasteiger partial charge in [0.15, 0.2) is 0 Å². The van der Waals surface area contributed by atoms with Crippen LogP contribution in [0.5, 0.6) is 0 Å². The highest BCUT2D eigenvalue weighted by Gasteiger charge is 2.28. The van der Waals surface area contributed by atoms with Crippen molar-refractivity contribution >= 4 is 36.4 Å². The number of benzene rings is 1. The molecule has 0 saturated carbocycles. The molecule has 0 amide bonds. The zero-order valence-electron chi connectivity index (χ0n) is 10.5. The molecule has 116 valence electrons. The second kappa shape index (κ2) is 8.95. The maximum absolute atomic E-state index is 13.8. The van der Waals surface area contributed by atoms with Gasteiger partial charge in [0.1, 0.15) is 18.3 Å². The molecule has 0 bridgehead atoms. The summed E-state index contributed by atoms with van der Waals surface area (Å²) in [5, 5.41) is 2.80. The Hall–Kier alpha value is -0.200. The summed E-state index contributed by atoms with van der Waals surface area (Å²) in [6.45, 7) is 1.78. The van der Waals surface area contributed by atoms with Crippen molar-refractivity contribution in [3.63, 3.8) is 0 Å². The van der Waals surface area contributed by atoms with Crippen LogP contribution in [0.15, 0.2) is 12.1 Å². The fourth-order valence-electron chi connectivity index (χ4n) is 2.20. The highest BCUT2D eigenvalue weighted by Crippen LogP contribution is 2.32. The molecule has 1 aromatic carbocycles. The zero-order chi connectivity index (χ0) is 13.1. The van der Waals surface area contributed by atoms with Gasteiger partial charge in [-0.2, -0.15) is 0 Å². The van der Waals surface area contributed by atoms with Crippen molar-refractivity contribution in [2.45, 2.75) is 6.04 Å². The Morgan fingerprint density at radius 2 is 1.70 bits per heavy atom. The quantitative estimate of drug-likeness (QED) is 0.840. The summed E-state index contributed by atoms with van der Waals surface area (Å²) in [5.41, 5.74) is -0.0823. The third-order valence-corrected chi connectivity index (χ3v) is 3.54. The lowest BCUT2D eigenvalue weighted by atomic mass is 10.0. The average Bonchev–Trinajstić information content (AvgIpc) is 2.40. The fraction of sp³-hybridized carbons (Fsp3) is 0.500. The van der Waals surface area contributed by atoms with Crippen molar-refractivity contribution < 1.29 is 13.2 Å². The molecular formula is C12H16Cl3F3N2. The first-order valence-corrected chi connectivity index (χ1v) is 6.17. The Bertz CT molecular complexity index is 429. The molecule has 1 aliphatic rings. The lowest BCUT2D eigenvalue weighted by Gasteiger charge is -2.34. The van der Waals surface area contributed by atoms with E-state index in [0.717, 1.165) is 12.1 Å². The van der Waals surface area contributed by atoms with E-state index in [4.69, 9.17) is 11.6 Å². The largest absolute Gasteiger partial charge is 0.314 e. The minimum absolute atomic E-state index is 0. The molecule has 20 heavy (non-hydrogen) atoms. The standard InChI is InChI=1S/C12H14ClF3N2.2ClH/c13-12-9(16)2-1-8(15)11(12)10(7-14)18-5-3-17-4-6-18;;/h1-2,10,17H,3-7H2;2*1H/t10-;;/m0../s1. The smallest absolute Gasteiger partial charge is 0.142 e. The molecule has 1 aliphatic heterocycles. The number of hydrogen-bond acceptors (Lipinski definition) is 2. The first kappa shape index (κ1) is 19.8. The molecule has 1 N–H and O–H groups in total. The highest BCUT2D eigenvalue weighted by molar-refractivity contribution is 6.31. The monoisotopic (exact) mass is 350 g/mol. The maximum Gasteiger partial charge on any atom is 0.142 e. The van der Waals surface area contributed by atoms with Gasteiger partial charge in [-0.25, -0.2) is 13.2 Å². The summed E-state index contributed by atoms with van der Waals surface area (Å²) >= 11 is 5.77. The Balaban J connectivity index is 0.00000180. The molecule has 1 atom stereocenters. The van der Waals surface area contributed by atoms with Crippen LogP contribution in [0.25, 0.3) is 0 Å².